The highest BCUT2D eigenvalue weighted by Crippen LogP contribution is 2.15. The number of carbonyl (C=O) groups excluding carboxylic acids is 1. The highest BCUT2D eigenvalue weighted by Gasteiger charge is 2.14. The lowest BCUT2D eigenvalue weighted by Crippen LogP contribution is -2.33. The van der Waals surface area contributed by atoms with Crippen LogP contribution < -0.4 is 5.32 Å². The molecule has 0 unspecified atom stereocenters. The molecule has 3 heteroatoms. The Kier molecular flexibility index (Phi) is 5.70. The maximum absolute atomic E-state index is 11.7. The van der Waals surface area contributed by atoms with Gasteiger partial charge in [-0.15, -0.1) is 0 Å². The first-order valence-electron chi connectivity index (χ1n) is 6.04. The first-order chi connectivity index (χ1) is 8.19. The molecular weight excluding hydrogens is 214 g/mol. The summed E-state index contributed by atoms with van der Waals surface area (Å²) < 4.78 is 5.39. The minimum atomic E-state index is -0.0794. The normalized spacial score (nSPS) is 14.1. The molecule has 0 aliphatic heterocycles. The number of rotatable bonds is 6. The maximum Gasteiger partial charge on any atom is 0.222 e. The van der Waals surface area contributed by atoms with Crippen LogP contribution in [0.2, 0.25) is 0 Å². The molecule has 1 aromatic carbocycles. The zero-order chi connectivity index (χ0) is 12.7. The van der Waals surface area contributed by atoms with Crippen LogP contribution in [0.1, 0.15) is 31.9 Å². The van der Waals surface area contributed by atoms with Crippen molar-refractivity contribution in [3.63, 3.8) is 0 Å². The summed E-state index contributed by atoms with van der Waals surface area (Å²) in [5, 5.41) is 2.92. The van der Waals surface area contributed by atoms with Gasteiger partial charge in [-0.05, 0) is 12.0 Å². The Morgan fingerprint density at radius 3 is 2.53 bits per heavy atom. The van der Waals surface area contributed by atoms with Crippen LogP contribution in [0.15, 0.2) is 30.3 Å². The molecule has 1 rings (SSSR count). The van der Waals surface area contributed by atoms with Gasteiger partial charge in [-0.1, -0.05) is 44.2 Å². The minimum Gasteiger partial charge on any atom is -0.375 e. The number of methoxy groups -OCH3 is 1. The Hall–Kier alpha value is -1.35. The van der Waals surface area contributed by atoms with Crippen LogP contribution in [0.5, 0.6) is 0 Å². The number of hydrogen-bond donors (Lipinski definition) is 1. The lowest BCUT2D eigenvalue weighted by molar-refractivity contribution is -0.125. The van der Waals surface area contributed by atoms with Gasteiger partial charge in [-0.2, -0.15) is 0 Å². The van der Waals surface area contributed by atoms with Gasteiger partial charge in [0.2, 0.25) is 5.91 Å². The highest BCUT2D eigenvalue weighted by atomic mass is 16.5. The van der Waals surface area contributed by atoms with Gasteiger partial charge >= 0.3 is 0 Å². The highest BCUT2D eigenvalue weighted by molar-refractivity contribution is 5.78. The average molecular weight is 235 g/mol. The van der Waals surface area contributed by atoms with Crippen molar-refractivity contribution in [3.8, 4) is 0 Å². The van der Waals surface area contributed by atoms with Gasteiger partial charge in [0, 0.05) is 19.6 Å². The summed E-state index contributed by atoms with van der Waals surface area (Å²) in [6, 6.07) is 9.91. The van der Waals surface area contributed by atoms with Crippen LogP contribution in [-0.2, 0) is 9.53 Å². The van der Waals surface area contributed by atoms with Crippen LogP contribution in [0, 0.1) is 5.92 Å². The third-order valence-corrected chi connectivity index (χ3v) is 2.98. The van der Waals surface area contributed by atoms with E-state index in [-0.39, 0.29) is 17.9 Å². The summed E-state index contributed by atoms with van der Waals surface area (Å²) in [4.78, 5) is 11.7. The average Bonchev–Trinajstić information content (AvgIpc) is 2.39. The molecule has 17 heavy (non-hydrogen) atoms. The predicted octanol–water partition coefficient (Wildman–Crippen LogP) is 2.54. The van der Waals surface area contributed by atoms with Gasteiger partial charge in [-0.25, -0.2) is 0 Å². The molecule has 0 aliphatic carbocycles. The topological polar surface area (TPSA) is 38.3 Å². The first-order valence-corrected chi connectivity index (χ1v) is 6.04. The van der Waals surface area contributed by atoms with Crippen molar-refractivity contribution < 1.29 is 9.53 Å². The van der Waals surface area contributed by atoms with E-state index in [2.05, 4.69) is 5.32 Å². The van der Waals surface area contributed by atoms with Crippen molar-refractivity contribution in [2.75, 3.05) is 13.7 Å². The number of ether oxygens (including phenoxy) is 1. The molecule has 1 aromatic rings. The molecule has 1 amide bonds. The molecule has 0 spiro atoms. The third-order valence-electron chi connectivity index (χ3n) is 2.98. The predicted molar refractivity (Wildman–Crippen MR) is 68.7 cm³/mol. The van der Waals surface area contributed by atoms with Crippen molar-refractivity contribution in [1.82, 2.24) is 5.32 Å². The first kappa shape index (κ1) is 13.7. The zero-order valence-corrected chi connectivity index (χ0v) is 10.8. The van der Waals surface area contributed by atoms with E-state index < -0.39 is 0 Å². The van der Waals surface area contributed by atoms with Crippen LogP contribution >= 0.6 is 0 Å². The number of benzene rings is 1. The minimum absolute atomic E-state index is 0.0586. The van der Waals surface area contributed by atoms with Crippen molar-refractivity contribution in [2.45, 2.75) is 26.4 Å². The smallest absolute Gasteiger partial charge is 0.222 e. The van der Waals surface area contributed by atoms with E-state index in [1.54, 1.807) is 7.11 Å². The standard InChI is InChI=1S/C14H21NO2/c1-4-11(2)14(16)15-10-13(17-3)12-8-6-5-7-9-12/h5-9,11,13H,4,10H2,1-3H3,(H,15,16)/t11-,13-/m1/s1. The molecule has 3 nitrogen and oxygen atoms in total. The summed E-state index contributed by atoms with van der Waals surface area (Å²) in [6.07, 6.45) is 0.777. The van der Waals surface area contributed by atoms with E-state index in [4.69, 9.17) is 4.74 Å². The second kappa shape index (κ2) is 7.07. The molecule has 0 saturated carbocycles. The summed E-state index contributed by atoms with van der Waals surface area (Å²) in [6.45, 7) is 4.46. The van der Waals surface area contributed by atoms with E-state index in [0.29, 0.717) is 6.54 Å². The van der Waals surface area contributed by atoms with Gasteiger partial charge in [0.15, 0.2) is 0 Å². The molecule has 0 heterocycles. The third kappa shape index (κ3) is 4.19. The molecule has 0 radical (unpaired) electrons. The Balaban J connectivity index is 2.51. The number of nitrogens with one attached hydrogen (secondary N) is 1. The fourth-order valence-electron chi connectivity index (χ4n) is 1.56. The van der Waals surface area contributed by atoms with Crippen LogP contribution in [-0.4, -0.2) is 19.6 Å². The van der Waals surface area contributed by atoms with E-state index >= 15 is 0 Å². The van der Waals surface area contributed by atoms with E-state index in [1.807, 2.05) is 44.2 Å². The second-order valence-corrected chi connectivity index (χ2v) is 4.19. The lowest BCUT2D eigenvalue weighted by Gasteiger charge is -2.18. The van der Waals surface area contributed by atoms with Crippen LogP contribution in [0.4, 0.5) is 0 Å². The summed E-state index contributed by atoms with van der Waals surface area (Å²) in [5.74, 6) is 0.147. The summed E-state index contributed by atoms with van der Waals surface area (Å²) in [5.41, 5.74) is 1.08. The quantitative estimate of drug-likeness (QED) is 0.823. The van der Waals surface area contributed by atoms with E-state index in [9.17, 15) is 4.79 Å². The fraction of sp³-hybridized carbons (Fsp3) is 0.500. The number of amides is 1. The van der Waals surface area contributed by atoms with Gasteiger partial charge in [0.1, 0.15) is 0 Å². The molecule has 0 bridgehead atoms. The largest absolute Gasteiger partial charge is 0.375 e. The van der Waals surface area contributed by atoms with Crippen LogP contribution in [0.3, 0.4) is 0 Å². The molecule has 0 fully saturated rings. The second-order valence-electron chi connectivity index (χ2n) is 4.19. The van der Waals surface area contributed by atoms with Gasteiger partial charge < -0.3 is 10.1 Å². The van der Waals surface area contributed by atoms with Crippen molar-refractivity contribution >= 4 is 5.91 Å². The van der Waals surface area contributed by atoms with Crippen molar-refractivity contribution in [2.24, 2.45) is 5.92 Å². The molecular formula is C14H21NO2. The lowest BCUT2D eigenvalue weighted by atomic mass is 10.1. The molecule has 94 valence electrons. The maximum atomic E-state index is 11.7. The van der Waals surface area contributed by atoms with E-state index in [1.165, 1.54) is 0 Å². The van der Waals surface area contributed by atoms with Gasteiger partial charge in [0.25, 0.3) is 0 Å². The van der Waals surface area contributed by atoms with E-state index in [0.717, 1.165) is 12.0 Å². The van der Waals surface area contributed by atoms with Crippen molar-refractivity contribution in [3.05, 3.63) is 35.9 Å². The van der Waals surface area contributed by atoms with Crippen molar-refractivity contribution in [1.29, 1.82) is 0 Å². The molecule has 0 aliphatic rings. The zero-order valence-electron chi connectivity index (χ0n) is 10.8. The van der Waals surface area contributed by atoms with Gasteiger partial charge in [0.05, 0.1) is 6.10 Å². The SMILES string of the molecule is CC[C@@H](C)C(=O)NC[C@@H](OC)c1ccccc1. The fourth-order valence-corrected chi connectivity index (χ4v) is 1.56. The van der Waals surface area contributed by atoms with Gasteiger partial charge in [-0.3, -0.25) is 4.79 Å². The number of carbonyl (C=O) groups is 1. The molecule has 2 atom stereocenters. The molecule has 0 aromatic heterocycles. The Labute approximate surface area is 103 Å². The molecule has 1 N–H and O–H groups in total. The summed E-state index contributed by atoms with van der Waals surface area (Å²) >= 11 is 0. The van der Waals surface area contributed by atoms with Crippen LogP contribution in [0.25, 0.3) is 0 Å². The number of hydrogen-bond acceptors (Lipinski definition) is 2. The Morgan fingerprint density at radius 1 is 1.35 bits per heavy atom. The Bertz CT molecular complexity index is 337. The molecule has 0 saturated heterocycles. The Morgan fingerprint density at radius 2 is 2.00 bits per heavy atom. The summed E-state index contributed by atoms with van der Waals surface area (Å²) in [7, 11) is 1.66. The monoisotopic (exact) mass is 235 g/mol.